The molecule has 0 aliphatic rings. The van der Waals surface area contributed by atoms with E-state index in [0.717, 1.165) is 0 Å². The van der Waals surface area contributed by atoms with Crippen LogP contribution in [0.1, 0.15) is 19.4 Å². The van der Waals surface area contributed by atoms with Crippen LogP contribution in [0.15, 0.2) is 23.0 Å². The first-order valence-electron chi connectivity index (χ1n) is 3.38. The van der Waals surface area contributed by atoms with Gasteiger partial charge in [-0.15, -0.1) is 0 Å². The fraction of sp³-hybridized carbons (Fsp3) is 0.500. The van der Waals surface area contributed by atoms with Crippen molar-refractivity contribution in [1.29, 1.82) is 0 Å². The Balaban J connectivity index is 2.85. The van der Waals surface area contributed by atoms with E-state index in [0.29, 0.717) is 0 Å². The number of hydrogen-bond acceptors (Lipinski definition) is 2. The summed E-state index contributed by atoms with van der Waals surface area (Å²) in [6.07, 6.45) is 3.45. The third kappa shape index (κ3) is 1.21. The van der Waals surface area contributed by atoms with Crippen LogP contribution in [0.25, 0.3) is 0 Å². The largest absolute Gasteiger partial charge is 0.472 e. The van der Waals surface area contributed by atoms with Gasteiger partial charge in [0.05, 0.1) is 12.5 Å². The van der Waals surface area contributed by atoms with Gasteiger partial charge < -0.3 is 9.73 Å². The molecule has 10 heavy (non-hydrogen) atoms. The molecular weight excluding hydrogens is 126 g/mol. The van der Waals surface area contributed by atoms with Crippen LogP contribution in [0.2, 0.25) is 0 Å². The predicted molar refractivity (Wildman–Crippen MR) is 40.8 cm³/mol. The van der Waals surface area contributed by atoms with Gasteiger partial charge in [0.15, 0.2) is 0 Å². The zero-order chi connectivity index (χ0) is 7.61. The van der Waals surface area contributed by atoms with E-state index in [1.165, 1.54) is 5.56 Å². The average molecular weight is 139 g/mol. The quantitative estimate of drug-likeness (QED) is 0.675. The third-order valence-electron chi connectivity index (χ3n) is 1.87. The van der Waals surface area contributed by atoms with Gasteiger partial charge in [0.2, 0.25) is 0 Å². The molecule has 0 atom stereocenters. The molecule has 0 unspecified atom stereocenters. The van der Waals surface area contributed by atoms with E-state index in [-0.39, 0.29) is 5.54 Å². The van der Waals surface area contributed by atoms with Crippen LogP contribution in [-0.4, -0.2) is 7.05 Å². The second-order valence-corrected chi connectivity index (χ2v) is 2.89. The van der Waals surface area contributed by atoms with E-state index in [1.807, 2.05) is 13.1 Å². The van der Waals surface area contributed by atoms with Gasteiger partial charge in [-0.3, -0.25) is 0 Å². The molecule has 0 aliphatic carbocycles. The van der Waals surface area contributed by atoms with Crippen LogP contribution < -0.4 is 5.32 Å². The summed E-state index contributed by atoms with van der Waals surface area (Å²) in [5.74, 6) is 0. The lowest BCUT2D eigenvalue weighted by atomic mass is 9.98. The van der Waals surface area contributed by atoms with Crippen molar-refractivity contribution in [3.05, 3.63) is 24.2 Å². The van der Waals surface area contributed by atoms with Crippen LogP contribution in [0, 0.1) is 0 Å². The van der Waals surface area contributed by atoms with E-state index in [1.54, 1.807) is 12.5 Å². The topological polar surface area (TPSA) is 25.2 Å². The van der Waals surface area contributed by atoms with E-state index in [4.69, 9.17) is 4.42 Å². The number of hydrogen-bond donors (Lipinski definition) is 1. The van der Waals surface area contributed by atoms with Crippen molar-refractivity contribution in [3.63, 3.8) is 0 Å². The minimum atomic E-state index is 0.0208. The SMILES string of the molecule is CNC(C)(C)c1ccoc1. The van der Waals surface area contributed by atoms with Crippen molar-refractivity contribution in [2.75, 3.05) is 7.05 Å². The molecule has 2 heteroatoms. The number of furan rings is 1. The fourth-order valence-corrected chi connectivity index (χ4v) is 0.764. The highest BCUT2D eigenvalue weighted by Crippen LogP contribution is 2.18. The third-order valence-corrected chi connectivity index (χ3v) is 1.87. The molecule has 0 saturated carbocycles. The first-order chi connectivity index (χ1) is 4.67. The van der Waals surface area contributed by atoms with Gasteiger partial charge in [0.25, 0.3) is 0 Å². The number of nitrogens with one attached hydrogen (secondary N) is 1. The zero-order valence-corrected chi connectivity index (χ0v) is 6.64. The Morgan fingerprint density at radius 2 is 2.20 bits per heavy atom. The summed E-state index contributed by atoms with van der Waals surface area (Å²) in [5, 5.41) is 3.18. The summed E-state index contributed by atoms with van der Waals surface area (Å²) in [5.41, 5.74) is 1.20. The summed E-state index contributed by atoms with van der Waals surface area (Å²) < 4.78 is 4.96. The van der Waals surface area contributed by atoms with Crippen LogP contribution in [0.5, 0.6) is 0 Å². The molecule has 0 aliphatic heterocycles. The Labute approximate surface area is 61.2 Å². The molecule has 1 aromatic rings. The maximum Gasteiger partial charge on any atom is 0.0953 e. The molecule has 0 radical (unpaired) electrons. The summed E-state index contributed by atoms with van der Waals surface area (Å²) in [7, 11) is 1.94. The molecule has 0 saturated heterocycles. The summed E-state index contributed by atoms with van der Waals surface area (Å²) >= 11 is 0. The molecular formula is C8H13NO. The predicted octanol–water partition coefficient (Wildman–Crippen LogP) is 1.73. The summed E-state index contributed by atoms with van der Waals surface area (Å²) in [6, 6.07) is 1.97. The molecule has 0 aromatic carbocycles. The van der Waals surface area contributed by atoms with Gasteiger partial charge in [-0.1, -0.05) is 0 Å². The Bertz CT molecular complexity index is 189. The van der Waals surface area contributed by atoms with Crippen LogP contribution in [0.4, 0.5) is 0 Å². The molecule has 1 N–H and O–H groups in total. The number of rotatable bonds is 2. The van der Waals surface area contributed by atoms with Crippen LogP contribution >= 0.6 is 0 Å². The first-order valence-corrected chi connectivity index (χ1v) is 3.38. The van der Waals surface area contributed by atoms with E-state index >= 15 is 0 Å². The highest BCUT2D eigenvalue weighted by molar-refractivity contribution is 5.15. The van der Waals surface area contributed by atoms with E-state index in [2.05, 4.69) is 19.2 Å². The monoisotopic (exact) mass is 139 g/mol. The van der Waals surface area contributed by atoms with E-state index < -0.39 is 0 Å². The second-order valence-electron chi connectivity index (χ2n) is 2.89. The van der Waals surface area contributed by atoms with Gasteiger partial charge in [0.1, 0.15) is 0 Å². The molecule has 0 bridgehead atoms. The summed E-state index contributed by atoms with van der Waals surface area (Å²) in [6.45, 7) is 4.22. The van der Waals surface area contributed by atoms with Gasteiger partial charge in [0, 0.05) is 11.1 Å². The minimum absolute atomic E-state index is 0.0208. The fourth-order valence-electron chi connectivity index (χ4n) is 0.764. The Kier molecular flexibility index (Phi) is 1.81. The van der Waals surface area contributed by atoms with Gasteiger partial charge >= 0.3 is 0 Å². The Morgan fingerprint density at radius 3 is 2.60 bits per heavy atom. The van der Waals surface area contributed by atoms with Crippen molar-refractivity contribution >= 4 is 0 Å². The molecule has 0 spiro atoms. The van der Waals surface area contributed by atoms with Gasteiger partial charge in [-0.25, -0.2) is 0 Å². The molecule has 2 nitrogen and oxygen atoms in total. The lowest BCUT2D eigenvalue weighted by Crippen LogP contribution is -2.32. The van der Waals surface area contributed by atoms with Crippen molar-refractivity contribution in [3.8, 4) is 0 Å². The second kappa shape index (κ2) is 2.46. The van der Waals surface area contributed by atoms with Crippen LogP contribution in [-0.2, 0) is 5.54 Å². The maximum atomic E-state index is 4.96. The van der Waals surface area contributed by atoms with Crippen molar-refractivity contribution in [2.45, 2.75) is 19.4 Å². The molecule has 56 valence electrons. The molecule has 1 heterocycles. The molecule has 0 fully saturated rings. The highest BCUT2D eigenvalue weighted by Gasteiger charge is 2.17. The maximum absolute atomic E-state index is 4.96. The van der Waals surface area contributed by atoms with Crippen molar-refractivity contribution in [1.82, 2.24) is 5.32 Å². The highest BCUT2D eigenvalue weighted by atomic mass is 16.3. The molecule has 1 aromatic heterocycles. The zero-order valence-electron chi connectivity index (χ0n) is 6.64. The smallest absolute Gasteiger partial charge is 0.0953 e. The van der Waals surface area contributed by atoms with Gasteiger partial charge in [-0.05, 0) is 27.0 Å². The standard InChI is InChI=1S/C8H13NO/c1-8(2,9-3)7-4-5-10-6-7/h4-6,9H,1-3H3. The van der Waals surface area contributed by atoms with Crippen molar-refractivity contribution < 1.29 is 4.42 Å². The molecule has 0 amide bonds. The van der Waals surface area contributed by atoms with Crippen molar-refractivity contribution in [2.24, 2.45) is 0 Å². The van der Waals surface area contributed by atoms with E-state index in [9.17, 15) is 0 Å². The average Bonchev–Trinajstić information content (AvgIpc) is 2.38. The minimum Gasteiger partial charge on any atom is -0.472 e. The van der Waals surface area contributed by atoms with Crippen LogP contribution in [0.3, 0.4) is 0 Å². The lowest BCUT2D eigenvalue weighted by molar-refractivity contribution is 0.436. The Hall–Kier alpha value is -0.760. The summed E-state index contributed by atoms with van der Waals surface area (Å²) in [4.78, 5) is 0. The van der Waals surface area contributed by atoms with Gasteiger partial charge in [-0.2, -0.15) is 0 Å². The Morgan fingerprint density at radius 1 is 1.50 bits per heavy atom. The first kappa shape index (κ1) is 7.35. The normalized spacial score (nSPS) is 11.9. The lowest BCUT2D eigenvalue weighted by Gasteiger charge is -2.21. The molecule has 1 rings (SSSR count).